The molecule has 1 unspecified atom stereocenters. The zero-order valence-electron chi connectivity index (χ0n) is 18.5. The fourth-order valence-electron chi connectivity index (χ4n) is 4.17. The molecule has 2 aliphatic rings. The Bertz CT molecular complexity index is 1340. The van der Waals surface area contributed by atoms with Crippen LogP contribution in [0.2, 0.25) is 0 Å². The number of hydrogen-bond donors (Lipinski definition) is 1. The summed E-state index contributed by atoms with van der Waals surface area (Å²) in [6, 6.07) is 17.3. The second-order valence-corrected chi connectivity index (χ2v) is 7.53. The van der Waals surface area contributed by atoms with Crippen LogP contribution < -0.4 is 19.7 Å². The highest BCUT2D eigenvalue weighted by Crippen LogP contribution is 2.50. The Hall–Kier alpha value is -4.21. The molecule has 1 atom stereocenters. The number of anilines is 1. The Morgan fingerprint density at radius 2 is 1.64 bits per heavy atom. The molecule has 0 radical (unpaired) electrons. The highest BCUT2D eigenvalue weighted by Gasteiger charge is 2.33. The average Bonchev–Trinajstić information content (AvgIpc) is 3.39. The van der Waals surface area contributed by atoms with Crippen LogP contribution in [0, 0.1) is 12.3 Å². The van der Waals surface area contributed by atoms with Crippen LogP contribution in [0.1, 0.15) is 28.4 Å². The summed E-state index contributed by atoms with van der Waals surface area (Å²) in [5.74, 6) is 4.63. The topological polar surface area (TPSA) is 61.3 Å². The summed E-state index contributed by atoms with van der Waals surface area (Å²) >= 11 is 0. The molecule has 0 saturated heterocycles. The smallest absolute Gasteiger partial charge is 0.170 e. The number of nitrogens with zero attached hydrogens (tertiary/aromatic N) is 1. The number of aliphatic imine (C=N–C) groups is 1. The van der Waals surface area contributed by atoms with Gasteiger partial charge >= 0.3 is 0 Å². The first-order valence-electron chi connectivity index (χ1n) is 10.4. The lowest BCUT2D eigenvalue weighted by molar-refractivity contribution is 0.145. The second-order valence-electron chi connectivity index (χ2n) is 7.53. The van der Waals surface area contributed by atoms with Gasteiger partial charge in [-0.3, -0.25) is 10.3 Å². The average molecular weight is 438 g/mol. The van der Waals surface area contributed by atoms with Gasteiger partial charge in [-0.05, 0) is 41.5 Å². The Labute approximate surface area is 192 Å². The molecule has 0 spiro atoms. The van der Waals surface area contributed by atoms with Gasteiger partial charge in [-0.15, -0.1) is 6.42 Å². The van der Waals surface area contributed by atoms with Crippen molar-refractivity contribution in [3.63, 3.8) is 0 Å². The van der Waals surface area contributed by atoms with Gasteiger partial charge in [-0.1, -0.05) is 36.3 Å². The van der Waals surface area contributed by atoms with E-state index in [2.05, 4.69) is 17.5 Å². The van der Waals surface area contributed by atoms with Crippen LogP contribution in [0.5, 0.6) is 17.2 Å². The number of benzene rings is 3. The van der Waals surface area contributed by atoms with Crippen molar-refractivity contribution < 1.29 is 19.0 Å². The number of allylic oxidation sites excluding steroid dienone is 1. The summed E-state index contributed by atoms with van der Waals surface area (Å²) in [6.45, 7) is 0. The normalized spacial score (nSPS) is 13.6. The third-order valence-electron chi connectivity index (χ3n) is 5.76. The maximum Gasteiger partial charge on any atom is 0.170 e. The van der Waals surface area contributed by atoms with Crippen molar-refractivity contribution in [2.75, 3.05) is 26.8 Å². The van der Waals surface area contributed by atoms with Crippen molar-refractivity contribution in [2.45, 2.75) is 6.10 Å². The van der Waals surface area contributed by atoms with Crippen molar-refractivity contribution in [1.29, 1.82) is 0 Å². The Morgan fingerprint density at radius 1 is 0.909 bits per heavy atom. The molecule has 0 bridgehead atoms. The predicted octanol–water partition coefficient (Wildman–Crippen LogP) is 5.42. The Kier molecular flexibility index (Phi) is 5.25. The third kappa shape index (κ3) is 3.39. The molecule has 1 aliphatic carbocycles. The largest absolute Gasteiger partial charge is 0.494 e. The van der Waals surface area contributed by atoms with Gasteiger partial charge < -0.3 is 14.2 Å². The van der Waals surface area contributed by atoms with E-state index in [9.17, 15) is 0 Å². The quantitative estimate of drug-likeness (QED) is 0.394. The highest BCUT2D eigenvalue weighted by molar-refractivity contribution is 6.44. The number of ether oxygens (including phenoxy) is 3. The van der Waals surface area contributed by atoms with E-state index >= 15 is 0 Å². The first-order valence-corrected chi connectivity index (χ1v) is 10.4. The summed E-state index contributed by atoms with van der Waals surface area (Å²) in [5.41, 5.74) is 10.2. The fraction of sp³-hybridized carbons (Fsp3) is 0.148. The minimum atomic E-state index is -0.572. The van der Waals surface area contributed by atoms with Crippen LogP contribution in [0.4, 0.5) is 11.4 Å². The minimum absolute atomic E-state index is 0.572. The molecule has 6 heteroatoms. The van der Waals surface area contributed by atoms with Gasteiger partial charge in [0.1, 0.15) is 11.4 Å². The summed E-state index contributed by atoms with van der Waals surface area (Å²) in [4.78, 5) is 10.8. The van der Waals surface area contributed by atoms with Crippen molar-refractivity contribution >= 4 is 28.7 Å². The van der Waals surface area contributed by atoms with E-state index in [-0.39, 0.29) is 0 Å². The van der Waals surface area contributed by atoms with Crippen LogP contribution >= 0.6 is 0 Å². The molecule has 3 aromatic carbocycles. The Morgan fingerprint density at radius 3 is 2.33 bits per heavy atom. The van der Waals surface area contributed by atoms with Crippen LogP contribution in [0.15, 0.2) is 59.6 Å². The summed E-state index contributed by atoms with van der Waals surface area (Å²) in [6.07, 6.45) is 7.26. The van der Waals surface area contributed by atoms with Gasteiger partial charge in [0.15, 0.2) is 17.6 Å². The number of fused-ring (bicyclic) bond motifs is 5. The molecule has 33 heavy (non-hydrogen) atoms. The lowest BCUT2D eigenvalue weighted by Crippen LogP contribution is -2.10. The van der Waals surface area contributed by atoms with E-state index < -0.39 is 6.10 Å². The SMILES string of the molecule is C#CC(ONc1c(OC)ccc2c1C1=Cc3cc(OC)c(OC)cc3C1=N2)c1ccccc1. The van der Waals surface area contributed by atoms with E-state index in [0.717, 1.165) is 39.2 Å². The maximum absolute atomic E-state index is 5.95. The van der Waals surface area contributed by atoms with E-state index in [1.54, 1.807) is 21.3 Å². The molecule has 0 aromatic heterocycles. The number of hydrogen-bond acceptors (Lipinski definition) is 6. The van der Waals surface area contributed by atoms with E-state index in [1.165, 1.54) is 0 Å². The van der Waals surface area contributed by atoms with Gasteiger partial charge in [-0.25, -0.2) is 4.99 Å². The summed E-state index contributed by atoms with van der Waals surface area (Å²) in [7, 11) is 4.86. The molecule has 5 rings (SSSR count). The zero-order chi connectivity index (χ0) is 22.9. The standard InChI is InChI=1S/C27H22N2O4/c1-5-21(16-9-7-6-8-10-16)33-29-27-22(30-2)12-11-20-25(27)19-13-17-14-23(31-3)24(32-4)15-18(17)26(19)28-20/h1,6-15,21,29H,2-4H3. The number of nitrogens with one attached hydrogen (secondary N) is 1. The summed E-state index contributed by atoms with van der Waals surface area (Å²) < 4.78 is 16.6. The van der Waals surface area contributed by atoms with Gasteiger partial charge in [0, 0.05) is 16.7 Å². The van der Waals surface area contributed by atoms with Crippen LogP contribution in [0.3, 0.4) is 0 Å². The van der Waals surface area contributed by atoms with E-state index in [4.69, 9.17) is 30.5 Å². The van der Waals surface area contributed by atoms with Crippen molar-refractivity contribution in [2.24, 2.45) is 4.99 Å². The third-order valence-corrected chi connectivity index (χ3v) is 5.76. The van der Waals surface area contributed by atoms with Gasteiger partial charge in [0.05, 0.1) is 32.7 Å². The van der Waals surface area contributed by atoms with Gasteiger partial charge in [0.25, 0.3) is 0 Å². The molecular weight excluding hydrogens is 416 g/mol. The molecule has 0 saturated carbocycles. The lowest BCUT2D eigenvalue weighted by Gasteiger charge is -2.18. The van der Waals surface area contributed by atoms with Crippen LogP contribution in [0.25, 0.3) is 11.6 Å². The first kappa shape index (κ1) is 20.7. The number of methoxy groups -OCH3 is 3. The monoisotopic (exact) mass is 438 g/mol. The van der Waals surface area contributed by atoms with Gasteiger partial charge in [0.2, 0.25) is 0 Å². The zero-order valence-corrected chi connectivity index (χ0v) is 18.5. The van der Waals surface area contributed by atoms with Gasteiger partial charge in [-0.2, -0.15) is 0 Å². The van der Waals surface area contributed by atoms with E-state index in [0.29, 0.717) is 22.9 Å². The molecule has 1 heterocycles. The fourth-order valence-corrected chi connectivity index (χ4v) is 4.17. The minimum Gasteiger partial charge on any atom is -0.494 e. The number of terminal acetylenes is 1. The molecule has 6 nitrogen and oxygen atoms in total. The predicted molar refractivity (Wildman–Crippen MR) is 129 cm³/mol. The molecule has 3 aromatic rings. The molecular formula is C27H22N2O4. The molecule has 1 N–H and O–H groups in total. The van der Waals surface area contributed by atoms with Crippen LogP contribution in [-0.4, -0.2) is 27.0 Å². The molecule has 0 fully saturated rings. The molecule has 164 valence electrons. The Balaban J connectivity index is 1.53. The maximum atomic E-state index is 5.95. The second kappa shape index (κ2) is 8.38. The van der Waals surface area contributed by atoms with E-state index in [1.807, 2.05) is 54.6 Å². The summed E-state index contributed by atoms with van der Waals surface area (Å²) in [5, 5.41) is 0. The number of rotatable bonds is 7. The van der Waals surface area contributed by atoms with Crippen molar-refractivity contribution in [3.8, 4) is 29.6 Å². The van der Waals surface area contributed by atoms with Crippen LogP contribution in [-0.2, 0) is 4.84 Å². The van der Waals surface area contributed by atoms with Crippen molar-refractivity contribution in [3.05, 3.63) is 76.9 Å². The highest BCUT2D eigenvalue weighted by atomic mass is 16.7. The molecule has 1 aliphatic heterocycles. The lowest BCUT2D eigenvalue weighted by atomic mass is 10.0. The van der Waals surface area contributed by atoms with Crippen molar-refractivity contribution in [1.82, 2.24) is 0 Å². The first-order chi connectivity index (χ1) is 16.2. The molecule has 0 amide bonds.